The second-order valence-electron chi connectivity index (χ2n) is 8.63. The summed E-state index contributed by atoms with van der Waals surface area (Å²) in [6, 6.07) is 16.0. The third kappa shape index (κ3) is 4.09. The predicted octanol–water partition coefficient (Wildman–Crippen LogP) is 4.63. The Morgan fingerprint density at radius 1 is 1.19 bits per heavy atom. The molecule has 0 bridgehead atoms. The lowest BCUT2D eigenvalue weighted by atomic mass is 10.1. The SMILES string of the molecule is COc1ccc2nc(N(Cc3ccccc3)C(=O)[C@H]3CC(=O)N(C4CCCC4)C3)sc2c1. The van der Waals surface area contributed by atoms with Gasteiger partial charge in [0.15, 0.2) is 5.13 Å². The Kier molecular flexibility index (Phi) is 5.83. The van der Waals surface area contributed by atoms with Crippen molar-refractivity contribution in [2.75, 3.05) is 18.6 Å². The van der Waals surface area contributed by atoms with Crippen LogP contribution < -0.4 is 9.64 Å². The summed E-state index contributed by atoms with van der Waals surface area (Å²) < 4.78 is 6.32. The summed E-state index contributed by atoms with van der Waals surface area (Å²) in [5.74, 6) is 0.535. The quantitative estimate of drug-likeness (QED) is 0.551. The van der Waals surface area contributed by atoms with Crippen molar-refractivity contribution in [3.05, 3.63) is 54.1 Å². The smallest absolute Gasteiger partial charge is 0.234 e. The number of methoxy groups -OCH3 is 1. The van der Waals surface area contributed by atoms with Gasteiger partial charge in [0.05, 0.1) is 29.8 Å². The first-order chi connectivity index (χ1) is 15.6. The van der Waals surface area contributed by atoms with Gasteiger partial charge in [-0.05, 0) is 36.6 Å². The number of benzene rings is 2. The number of anilines is 1. The van der Waals surface area contributed by atoms with Crippen LogP contribution in [0.1, 0.15) is 37.7 Å². The first-order valence-corrected chi connectivity index (χ1v) is 12.0. The standard InChI is InChI=1S/C25H27N3O3S/c1-31-20-11-12-21-22(14-20)32-25(26-21)28(15-17-7-3-2-4-8-17)24(30)18-13-23(29)27(16-18)19-9-5-6-10-19/h2-4,7-8,11-12,14,18-19H,5-6,9-10,13,15-16H2,1H3/t18-/m0/s1. The van der Waals surface area contributed by atoms with Crippen LogP contribution in [0.3, 0.4) is 0 Å². The molecule has 2 aromatic carbocycles. The van der Waals surface area contributed by atoms with E-state index in [0.29, 0.717) is 30.7 Å². The van der Waals surface area contributed by atoms with Gasteiger partial charge in [0.2, 0.25) is 11.8 Å². The van der Waals surface area contributed by atoms with E-state index in [-0.39, 0.29) is 17.7 Å². The maximum atomic E-state index is 13.7. The molecule has 7 heteroatoms. The van der Waals surface area contributed by atoms with Gasteiger partial charge in [-0.3, -0.25) is 14.5 Å². The molecule has 1 saturated carbocycles. The molecule has 1 saturated heterocycles. The summed E-state index contributed by atoms with van der Waals surface area (Å²) >= 11 is 1.48. The van der Waals surface area contributed by atoms with Crippen LogP contribution in [-0.2, 0) is 16.1 Å². The van der Waals surface area contributed by atoms with Gasteiger partial charge in [-0.1, -0.05) is 54.5 Å². The van der Waals surface area contributed by atoms with Gasteiger partial charge in [-0.2, -0.15) is 0 Å². The van der Waals surface area contributed by atoms with Crippen molar-refractivity contribution in [1.29, 1.82) is 0 Å². The summed E-state index contributed by atoms with van der Waals surface area (Å²) in [7, 11) is 1.64. The molecular formula is C25H27N3O3S. The third-order valence-electron chi connectivity index (χ3n) is 6.54. The highest BCUT2D eigenvalue weighted by Gasteiger charge is 2.41. The fourth-order valence-electron chi connectivity index (χ4n) is 4.83. The molecule has 2 fully saturated rings. The number of fused-ring (bicyclic) bond motifs is 1. The number of aromatic nitrogens is 1. The molecule has 1 aliphatic carbocycles. The van der Waals surface area contributed by atoms with Gasteiger partial charge in [-0.25, -0.2) is 4.98 Å². The van der Waals surface area contributed by atoms with Crippen LogP contribution in [0, 0.1) is 5.92 Å². The second kappa shape index (κ2) is 8.90. The highest BCUT2D eigenvalue weighted by Crippen LogP contribution is 2.35. The van der Waals surface area contributed by atoms with Crippen LogP contribution in [0.25, 0.3) is 10.2 Å². The summed E-state index contributed by atoms with van der Waals surface area (Å²) in [4.78, 5) is 35.0. The minimum atomic E-state index is -0.326. The Morgan fingerprint density at radius 3 is 2.72 bits per heavy atom. The molecule has 0 radical (unpaired) electrons. The molecular weight excluding hydrogens is 422 g/mol. The van der Waals surface area contributed by atoms with Gasteiger partial charge in [0.25, 0.3) is 0 Å². The third-order valence-corrected chi connectivity index (χ3v) is 7.58. The van der Waals surface area contributed by atoms with Crippen LogP contribution in [0.2, 0.25) is 0 Å². The lowest BCUT2D eigenvalue weighted by Crippen LogP contribution is -2.39. The van der Waals surface area contributed by atoms with Crippen LogP contribution in [-0.4, -0.2) is 41.4 Å². The molecule has 3 aromatic rings. The van der Waals surface area contributed by atoms with Gasteiger partial charge < -0.3 is 9.64 Å². The molecule has 0 N–H and O–H groups in total. The molecule has 166 valence electrons. The average Bonchev–Trinajstić information content (AvgIpc) is 3.56. The van der Waals surface area contributed by atoms with Crippen molar-refractivity contribution >= 4 is 38.5 Å². The molecule has 2 aliphatic rings. The van der Waals surface area contributed by atoms with E-state index in [9.17, 15) is 9.59 Å². The number of hydrogen-bond donors (Lipinski definition) is 0. The van der Waals surface area contributed by atoms with E-state index in [0.717, 1.165) is 34.4 Å². The molecule has 1 aromatic heterocycles. The van der Waals surface area contributed by atoms with Crippen LogP contribution >= 0.6 is 11.3 Å². The van der Waals surface area contributed by atoms with Crippen molar-refractivity contribution in [3.8, 4) is 5.75 Å². The summed E-state index contributed by atoms with van der Waals surface area (Å²) in [5, 5.41) is 0.661. The van der Waals surface area contributed by atoms with E-state index < -0.39 is 0 Å². The molecule has 1 atom stereocenters. The molecule has 32 heavy (non-hydrogen) atoms. The molecule has 0 unspecified atom stereocenters. The van der Waals surface area contributed by atoms with Crippen molar-refractivity contribution < 1.29 is 14.3 Å². The molecule has 2 amide bonds. The Balaban J connectivity index is 1.44. The number of ether oxygens (including phenoxy) is 1. The van der Waals surface area contributed by atoms with E-state index in [1.165, 1.54) is 24.2 Å². The van der Waals surface area contributed by atoms with Gasteiger partial charge in [0.1, 0.15) is 5.75 Å². The van der Waals surface area contributed by atoms with Crippen molar-refractivity contribution in [2.24, 2.45) is 5.92 Å². The van der Waals surface area contributed by atoms with Crippen LogP contribution in [0.15, 0.2) is 48.5 Å². The lowest BCUT2D eigenvalue weighted by molar-refractivity contribution is -0.130. The maximum absolute atomic E-state index is 13.7. The van der Waals surface area contributed by atoms with E-state index >= 15 is 0 Å². The molecule has 2 heterocycles. The van der Waals surface area contributed by atoms with Crippen molar-refractivity contribution in [3.63, 3.8) is 0 Å². The lowest BCUT2D eigenvalue weighted by Gasteiger charge is -2.26. The number of carbonyl (C=O) groups is 2. The van der Waals surface area contributed by atoms with E-state index in [1.54, 1.807) is 12.0 Å². The number of amides is 2. The minimum Gasteiger partial charge on any atom is -0.497 e. The second-order valence-corrected chi connectivity index (χ2v) is 9.63. The molecule has 0 spiro atoms. The highest BCUT2D eigenvalue weighted by molar-refractivity contribution is 7.22. The van der Waals surface area contributed by atoms with Crippen molar-refractivity contribution in [1.82, 2.24) is 9.88 Å². The maximum Gasteiger partial charge on any atom is 0.234 e. The summed E-state index contributed by atoms with van der Waals surface area (Å²) in [6.07, 6.45) is 4.74. The average molecular weight is 450 g/mol. The van der Waals surface area contributed by atoms with E-state index in [1.807, 2.05) is 53.4 Å². The normalized spacial score (nSPS) is 19.1. The Bertz CT molecular complexity index is 1120. The number of thiazole rings is 1. The summed E-state index contributed by atoms with van der Waals surface area (Å²) in [6.45, 7) is 0.955. The van der Waals surface area contributed by atoms with Gasteiger partial charge in [-0.15, -0.1) is 0 Å². The first-order valence-electron chi connectivity index (χ1n) is 11.2. The van der Waals surface area contributed by atoms with E-state index in [4.69, 9.17) is 9.72 Å². The Labute approximate surface area is 191 Å². The monoisotopic (exact) mass is 449 g/mol. The number of carbonyl (C=O) groups excluding carboxylic acids is 2. The summed E-state index contributed by atoms with van der Waals surface area (Å²) in [5.41, 5.74) is 1.88. The zero-order chi connectivity index (χ0) is 22.1. The Morgan fingerprint density at radius 2 is 1.97 bits per heavy atom. The fraction of sp³-hybridized carbons (Fsp3) is 0.400. The predicted molar refractivity (Wildman–Crippen MR) is 126 cm³/mol. The topological polar surface area (TPSA) is 62.7 Å². The Hall–Kier alpha value is -2.93. The highest BCUT2D eigenvalue weighted by atomic mass is 32.1. The first kappa shape index (κ1) is 20.9. The molecule has 1 aliphatic heterocycles. The number of likely N-dealkylation sites (tertiary alicyclic amines) is 1. The van der Waals surface area contributed by atoms with Crippen molar-refractivity contribution in [2.45, 2.75) is 44.7 Å². The molecule has 5 rings (SSSR count). The van der Waals surface area contributed by atoms with Crippen LogP contribution in [0.4, 0.5) is 5.13 Å². The minimum absolute atomic E-state index is 0.0197. The largest absolute Gasteiger partial charge is 0.497 e. The van der Waals surface area contributed by atoms with Gasteiger partial charge >= 0.3 is 0 Å². The van der Waals surface area contributed by atoms with Gasteiger partial charge in [0, 0.05) is 19.0 Å². The van der Waals surface area contributed by atoms with E-state index in [2.05, 4.69) is 0 Å². The number of nitrogens with zero attached hydrogens (tertiary/aromatic N) is 3. The zero-order valence-corrected chi connectivity index (χ0v) is 19.0. The van der Waals surface area contributed by atoms with Crippen LogP contribution in [0.5, 0.6) is 5.75 Å². The fourth-order valence-corrected chi connectivity index (χ4v) is 5.83. The zero-order valence-electron chi connectivity index (χ0n) is 18.2. The molecule has 6 nitrogen and oxygen atoms in total. The number of rotatable bonds is 6. The number of hydrogen-bond acceptors (Lipinski definition) is 5.